The lowest BCUT2D eigenvalue weighted by Gasteiger charge is -2.52. The Morgan fingerprint density at radius 3 is 1.35 bits per heavy atom. The summed E-state index contributed by atoms with van der Waals surface area (Å²) in [4.78, 5) is 11.9. The summed E-state index contributed by atoms with van der Waals surface area (Å²) in [6, 6.07) is -1.64. The molecule has 0 aromatic rings. The molecule has 0 unspecified atom stereocenters. The minimum absolute atomic E-state index is 0.774. The molecular formula is C38H65NO32. The van der Waals surface area contributed by atoms with E-state index in [9.17, 15) is 107 Å². The molecule has 0 aromatic carbocycles. The number of aliphatic hydroxyl groups excluding tert-OH is 20. The summed E-state index contributed by atoms with van der Waals surface area (Å²) < 4.78 is 61.7. The van der Waals surface area contributed by atoms with Crippen molar-refractivity contribution >= 4 is 5.91 Å². The van der Waals surface area contributed by atoms with E-state index in [-0.39, 0.29) is 0 Å². The van der Waals surface area contributed by atoms with Gasteiger partial charge in [-0.1, -0.05) is 0 Å². The van der Waals surface area contributed by atoms with Crippen molar-refractivity contribution in [1.29, 1.82) is 0 Å². The SMILES string of the molecule is CC(=O)N[C@@H]1[C@@H](O)[C@H](O[C@@H]2O[C@H](CO[C@H]3O[C@](CO)(O[C@H]4O[C@H](CO)[C@@H](O)[C@H](O)[C@@H]4O)[C@@H](O)[C@H](O[C@H]4O[C@H](CO)[C@@H](O)[C@H](O)[C@@H]4O)[C@@H]3O)[C@@H](O)[C@H](O[C@H]3O[C@H](CO)[C@@H](O)[C@H](O)[C@@H]3O)[C@@H]2O)[C@@H](CO)O[C@H]1O. The van der Waals surface area contributed by atoms with Crippen LogP contribution in [0, 0.1) is 0 Å². The van der Waals surface area contributed by atoms with Crippen molar-refractivity contribution in [2.75, 3.05) is 39.6 Å². The smallest absolute Gasteiger partial charge is 0.226 e. The Morgan fingerprint density at radius 1 is 0.451 bits per heavy atom. The summed E-state index contributed by atoms with van der Waals surface area (Å²) in [5, 5.41) is 216. The van der Waals surface area contributed by atoms with E-state index >= 15 is 0 Å². The maximum Gasteiger partial charge on any atom is 0.226 e. The minimum atomic E-state index is -3.08. The van der Waals surface area contributed by atoms with E-state index in [0.717, 1.165) is 6.92 Å². The second kappa shape index (κ2) is 24.5. The second-order valence-electron chi connectivity index (χ2n) is 17.7. The Labute approximate surface area is 400 Å². The van der Waals surface area contributed by atoms with Crippen molar-refractivity contribution in [1.82, 2.24) is 5.32 Å². The Kier molecular flexibility index (Phi) is 20.2. The molecule has 6 rings (SSSR count). The van der Waals surface area contributed by atoms with Gasteiger partial charge in [0.1, 0.15) is 147 Å². The molecule has 1 amide bonds. The van der Waals surface area contributed by atoms with E-state index in [0.29, 0.717) is 0 Å². The van der Waals surface area contributed by atoms with E-state index in [2.05, 4.69) is 5.32 Å². The highest BCUT2D eigenvalue weighted by Gasteiger charge is 2.61. The summed E-state index contributed by atoms with van der Waals surface area (Å²) in [5.74, 6) is -3.85. The van der Waals surface area contributed by atoms with Gasteiger partial charge in [0.2, 0.25) is 11.7 Å². The largest absolute Gasteiger partial charge is 0.394 e. The molecule has 30 atom stereocenters. The van der Waals surface area contributed by atoms with Gasteiger partial charge in [-0.15, -0.1) is 0 Å². The van der Waals surface area contributed by atoms with Crippen LogP contribution in [-0.2, 0) is 56.9 Å². The standard InChI is InChI=1S/C38H65NO32/c1-8(45)39-14-19(50)28(12(5-43)62-32(14)60)67-36-26(57)29(68-34-23(54)20(51)15(46)9(2-40)63-34)18(49)13(66-36)6-61-33-27(58)30(69-35-24(55)21(52)16(47)10(3-41)64-35)31(59)38(7-44,70-33)71-37-25(56)22(53)17(48)11(4-42)65-37/h9-37,40-44,46-60H,2-7H2,1H3,(H,39,45)/t9-,10-,11-,12-,13-,14-,15-,16-,17-,18-,19-,20+,21+,22+,23+,24+,25+,26+,27+,28-,29+,30-,31+,32-,33+,34-,35-,36+,37-,38-/m1/s1. The zero-order valence-electron chi connectivity index (χ0n) is 37.3. The molecule has 6 aliphatic rings. The molecule has 33 heteroatoms. The Morgan fingerprint density at radius 2 is 0.873 bits per heavy atom. The molecule has 0 bridgehead atoms. The number of nitrogens with one attached hydrogen (secondary N) is 1. The third-order valence-corrected chi connectivity index (χ3v) is 13.0. The van der Waals surface area contributed by atoms with Crippen LogP contribution in [0.4, 0.5) is 0 Å². The third kappa shape index (κ3) is 12.0. The van der Waals surface area contributed by atoms with Gasteiger partial charge >= 0.3 is 0 Å². The van der Waals surface area contributed by atoms with Crippen LogP contribution in [0.2, 0.25) is 0 Å². The first-order chi connectivity index (χ1) is 33.5. The first-order valence-corrected chi connectivity index (χ1v) is 22.2. The normalized spacial score (nSPS) is 52.0. The summed E-state index contributed by atoms with van der Waals surface area (Å²) in [7, 11) is 0. The van der Waals surface area contributed by atoms with Crippen molar-refractivity contribution in [3.8, 4) is 0 Å². The van der Waals surface area contributed by atoms with Crippen LogP contribution >= 0.6 is 0 Å². The van der Waals surface area contributed by atoms with Crippen LogP contribution in [0.1, 0.15) is 6.92 Å². The number of aliphatic hydroxyl groups is 20. The van der Waals surface area contributed by atoms with Crippen LogP contribution in [0.5, 0.6) is 0 Å². The average Bonchev–Trinajstić information content (AvgIpc) is 3.34. The molecule has 6 fully saturated rings. The number of rotatable bonds is 17. The van der Waals surface area contributed by atoms with Crippen molar-refractivity contribution in [2.24, 2.45) is 0 Å². The van der Waals surface area contributed by atoms with Crippen LogP contribution in [-0.4, -0.2) is 332 Å². The molecule has 0 spiro atoms. The van der Waals surface area contributed by atoms with E-state index < -0.39 is 229 Å². The number of amides is 1. The predicted octanol–water partition coefficient (Wildman–Crippen LogP) is -14.6. The molecule has 6 aliphatic heterocycles. The molecule has 0 saturated carbocycles. The fourth-order valence-corrected chi connectivity index (χ4v) is 8.81. The van der Waals surface area contributed by atoms with Gasteiger partial charge in [0, 0.05) is 6.92 Å². The van der Waals surface area contributed by atoms with Crippen LogP contribution < -0.4 is 5.32 Å². The first-order valence-electron chi connectivity index (χ1n) is 22.2. The third-order valence-electron chi connectivity index (χ3n) is 13.0. The van der Waals surface area contributed by atoms with E-state index in [1.54, 1.807) is 0 Å². The molecule has 6 saturated heterocycles. The summed E-state index contributed by atoms with van der Waals surface area (Å²) in [5.41, 5.74) is 0. The molecule has 6 heterocycles. The van der Waals surface area contributed by atoms with Crippen LogP contribution in [0.3, 0.4) is 0 Å². The molecule has 0 aliphatic carbocycles. The van der Waals surface area contributed by atoms with Gasteiger partial charge in [0.25, 0.3) is 0 Å². The van der Waals surface area contributed by atoms with Gasteiger partial charge in [-0.3, -0.25) is 4.79 Å². The summed E-state index contributed by atoms with van der Waals surface area (Å²) >= 11 is 0. The lowest BCUT2D eigenvalue weighted by atomic mass is 9.94. The lowest BCUT2D eigenvalue weighted by molar-refractivity contribution is -0.460. The fourth-order valence-electron chi connectivity index (χ4n) is 8.81. The predicted molar refractivity (Wildman–Crippen MR) is 212 cm³/mol. The highest BCUT2D eigenvalue weighted by molar-refractivity contribution is 5.73. The van der Waals surface area contributed by atoms with Crippen LogP contribution in [0.25, 0.3) is 0 Å². The molecule has 0 aromatic heterocycles. The molecule has 71 heavy (non-hydrogen) atoms. The van der Waals surface area contributed by atoms with Crippen molar-refractivity contribution < 1.29 is 159 Å². The van der Waals surface area contributed by atoms with Crippen molar-refractivity contribution in [3.05, 3.63) is 0 Å². The fraction of sp³-hybridized carbons (Fsp3) is 0.974. The average molecular weight is 1050 g/mol. The topological polar surface area (TPSA) is 535 Å². The molecule has 21 N–H and O–H groups in total. The number of carbonyl (C=O) groups is 1. The van der Waals surface area contributed by atoms with Gasteiger partial charge < -0.3 is 160 Å². The first kappa shape index (κ1) is 58.5. The maximum atomic E-state index is 11.9. The van der Waals surface area contributed by atoms with Gasteiger partial charge in [-0.05, 0) is 0 Å². The highest BCUT2D eigenvalue weighted by atomic mass is 16.8. The molecule has 33 nitrogen and oxygen atoms in total. The van der Waals surface area contributed by atoms with Gasteiger partial charge in [-0.25, -0.2) is 0 Å². The Hall–Kier alpha value is -1.77. The number of hydrogen-bond acceptors (Lipinski definition) is 32. The summed E-state index contributed by atoms with van der Waals surface area (Å²) in [6.45, 7) is -5.55. The quantitative estimate of drug-likeness (QED) is 0.0643. The zero-order valence-corrected chi connectivity index (χ0v) is 37.3. The van der Waals surface area contributed by atoms with E-state index in [4.69, 9.17) is 52.1 Å². The van der Waals surface area contributed by atoms with Crippen molar-refractivity contribution in [3.63, 3.8) is 0 Å². The lowest BCUT2D eigenvalue weighted by Crippen LogP contribution is -2.72. The zero-order chi connectivity index (χ0) is 52.5. The second-order valence-corrected chi connectivity index (χ2v) is 17.7. The Bertz CT molecular complexity index is 1670. The summed E-state index contributed by atoms with van der Waals surface area (Å²) in [6.07, 6.45) is -57.8. The van der Waals surface area contributed by atoms with Crippen LogP contribution in [0.15, 0.2) is 0 Å². The Balaban J connectivity index is 1.33. The molecular weight excluding hydrogens is 982 g/mol. The maximum absolute atomic E-state index is 11.9. The van der Waals surface area contributed by atoms with Gasteiger partial charge in [0.15, 0.2) is 37.7 Å². The van der Waals surface area contributed by atoms with E-state index in [1.807, 2.05) is 0 Å². The monoisotopic (exact) mass is 1050 g/mol. The van der Waals surface area contributed by atoms with E-state index in [1.165, 1.54) is 0 Å². The molecule has 0 radical (unpaired) electrons. The number of carbonyl (C=O) groups excluding carboxylic acids is 1. The molecule has 414 valence electrons. The minimum Gasteiger partial charge on any atom is -0.394 e. The highest BCUT2D eigenvalue weighted by Crippen LogP contribution is 2.39. The van der Waals surface area contributed by atoms with Gasteiger partial charge in [0.05, 0.1) is 33.0 Å². The van der Waals surface area contributed by atoms with Crippen molar-refractivity contribution in [2.45, 2.75) is 191 Å². The number of hydrogen-bond donors (Lipinski definition) is 21. The number of ether oxygens (including phenoxy) is 11. The van der Waals surface area contributed by atoms with Gasteiger partial charge in [-0.2, -0.15) is 0 Å².